The smallest absolute Gasteiger partial charge is 0.237 e. The van der Waals surface area contributed by atoms with Crippen LogP contribution in [-0.2, 0) is 9.53 Å². The molecule has 1 rings (SSSR count). The molecule has 0 aromatic carbocycles. The molecule has 1 saturated carbocycles. The molecular formula is C11H22N2O2. The fourth-order valence-corrected chi connectivity index (χ4v) is 1.61. The summed E-state index contributed by atoms with van der Waals surface area (Å²) in [4.78, 5) is 11.5. The van der Waals surface area contributed by atoms with Gasteiger partial charge in [0.1, 0.15) is 0 Å². The molecule has 1 unspecified atom stereocenters. The number of carbonyl (C=O) groups excluding carboxylic acids is 1. The molecule has 0 spiro atoms. The average Bonchev–Trinajstić information content (AvgIpc) is 2.08. The number of carbonyl (C=O) groups is 1. The van der Waals surface area contributed by atoms with Crippen LogP contribution < -0.4 is 11.1 Å². The van der Waals surface area contributed by atoms with Crippen molar-refractivity contribution in [3.63, 3.8) is 0 Å². The summed E-state index contributed by atoms with van der Waals surface area (Å²) in [5.41, 5.74) is 5.38. The van der Waals surface area contributed by atoms with Crippen molar-refractivity contribution in [1.29, 1.82) is 0 Å². The van der Waals surface area contributed by atoms with E-state index in [2.05, 4.69) is 5.32 Å². The molecule has 1 amide bonds. The summed E-state index contributed by atoms with van der Waals surface area (Å²) in [5, 5.41) is 3.00. The molecule has 1 aliphatic carbocycles. The Hall–Kier alpha value is -0.610. The summed E-state index contributed by atoms with van der Waals surface area (Å²) in [5.74, 6) is -0.0814. The zero-order chi connectivity index (χ0) is 11.5. The van der Waals surface area contributed by atoms with Crippen LogP contribution in [0.1, 0.15) is 40.0 Å². The van der Waals surface area contributed by atoms with Crippen LogP contribution in [0.5, 0.6) is 0 Å². The van der Waals surface area contributed by atoms with Crippen molar-refractivity contribution >= 4 is 5.91 Å². The minimum Gasteiger partial charge on any atom is -0.376 e. The van der Waals surface area contributed by atoms with E-state index >= 15 is 0 Å². The van der Waals surface area contributed by atoms with Gasteiger partial charge in [0.25, 0.3) is 0 Å². The number of rotatable bonds is 5. The maximum Gasteiger partial charge on any atom is 0.237 e. The largest absolute Gasteiger partial charge is 0.376 e. The first kappa shape index (κ1) is 12.5. The van der Waals surface area contributed by atoms with Crippen LogP contribution in [0.25, 0.3) is 0 Å². The Kier molecular flexibility index (Phi) is 4.11. The minimum absolute atomic E-state index is 0.0814. The second kappa shape index (κ2) is 4.94. The third kappa shape index (κ3) is 3.47. The number of amides is 1. The van der Waals surface area contributed by atoms with Crippen molar-refractivity contribution in [2.24, 2.45) is 5.73 Å². The standard InChI is InChI=1S/C11H22N2O2/c1-8(2)15-7-11(5-4-6-11)13-10(14)9(3)12/h8-9H,4-7,12H2,1-3H3,(H,13,14). The molecule has 1 atom stereocenters. The first-order valence-corrected chi connectivity index (χ1v) is 5.64. The predicted molar refractivity (Wildman–Crippen MR) is 59.5 cm³/mol. The fourth-order valence-electron chi connectivity index (χ4n) is 1.61. The van der Waals surface area contributed by atoms with Crippen LogP contribution in [0.4, 0.5) is 0 Å². The van der Waals surface area contributed by atoms with Crippen molar-refractivity contribution in [2.75, 3.05) is 6.61 Å². The first-order valence-electron chi connectivity index (χ1n) is 5.64. The quantitative estimate of drug-likeness (QED) is 0.711. The molecule has 0 saturated heterocycles. The minimum atomic E-state index is -0.443. The molecular weight excluding hydrogens is 192 g/mol. The molecule has 3 N–H and O–H groups in total. The molecule has 0 aliphatic heterocycles. The van der Waals surface area contributed by atoms with Gasteiger partial charge in [0, 0.05) is 0 Å². The average molecular weight is 214 g/mol. The molecule has 88 valence electrons. The number of ether oxygens (including phenoxy) is 1. The van der Waals surface area contributed by atoms with E-state index in [9.17, 15) is 4.79 Å². The number of nitrogens with one attached hydrogen (secondary N) is 1. The van der Waals surface area contributed by atoms with E-state index in [-0.39, 0.29) is 17.6 Å². The van der Waals surface area contributed by atoms with Crippen molar-refractivity contribution < 1.29 is 9.53 Å². The second-order valence-corrected chi connectivity index (χ2v) is 4.77. The van der Waals surface area contributed by atoms with Crippen LogP contribution in [0.2, 0.25) is 0 Å². The highest BCUT2D eigenvalue weighted by molar-refractivity contribution is 5.81. The van der Waals surface area contributed by atoms with Crippen molar-refractivity contribution in [3.8, 4) is 0 Å². The van der Waals surface area contributed by atoms with E-state index in [1.165, 1.54) is 0 Å². The SMILES string of the molecule is CC(C)OCC1(NC(=O)C(C)N)CCC1. The Morgan fingerprint density at radius 2 is 2.07 bits per heavy atom. The molecule has 0 heterocycles. The van der Waals surface area contributed by atoms with Gasteiger partial charge in [-0.3, -0.25) is 4.79 Å². The van der Waals surface area contributed by atoms with Crippen molar-refractivity contribution in [1.82, 2.24) is 5.32 Å². The van der Waals surface area contributed by atoms with Crippen LogP contribution >= 0.6 is 0 Å². The summed E-state index contributed by atoms with van der Waals surface area (Å²) in [6, 6.07) is -0.443. The lowest BCUT2D eigenvalue weighted by Gasteiger charge is -2.43. The van der Waals surface area contributed by atoms with Crippen LogP contribution in [0.3, 0.4) is 0 Å². The monoisotopic (exact) mass is 214 g/mol. The van der Waals surface area contributed by atoms with Crippen LogP contribution in [-0.4, -0.2) is 30.2 Å². The van der Waals surface area contributed by atoms with Gasteiger partial charge in [0.05, 0.1) is 24.3 Å². The van der Waals surface area contributed by atoms with E-state index in [0.29, 0.717) is 6.61 Å². The summed E-state index contributed by atoms with van der Waals surface area (Å²) >= 11 is 0. The molecule has 0 aromatic rings. The van der Waals surface area contributed by atoms with Gasteiger partial charge in [0.15, 0.2) is 0 Å². The number of hydrogen-bond donors (Lipinski definition) is 2. The molecule has 0 radical (unpaired) electrons. The highest BCUT2D eigenvalue weighted by atomic mass is 16.5. The molecule has 4 heteroatoms. The van der Waals surface area contributed by atoms with Gasteiger partial charge in [-0.25, -0.2) is 0 Å². The van der Waals surface area contributed by atoms with Crippen LogP contribution in [0, 0.1) is 0 Å². The second-order valence-electron chi connectivity index (χ2n) is 4.77. The highest BCUT2D eigenvalue weighted by Gasteiger charge is 2.39. The Labute approximate surface area is 91.5 Å². The summed E-state index contributed by atoms with van der Waals surface area (Å²) in [6.45, 7) is 6.30. The molecule has 1 aliphatic rings. The Morgan fingerprint density at radius 3 is 2.40 bits per heavy atom. The molecule has 15 heavy (non-hydrogen) atoms. The predicted octanol–water partition coefficient (Wildman–Crippen LogP) is 0.797. The van der Waals surface area contributed by atoms with Gasteiger partial charge in [-0.1, -0.05) is 0 Å². The van der Waals surface area contributed by atoms with Gasteiger partial charge in [-0.05, 0) is 40.0 Å². The zero-order valence-corrected chi connectivity index (χ0v) is 9.88. The van der Waals surface area contributed by atoms with Gasteiger partial charge >= 0.3 is 0 Å². The number of hydrogen-bond acceptors (Lipinski definition) is 3. The van der Waals surface area contributed by atoms with Gasteiger partial charge < -0.3 is 15.8 Å². The molecule has 0 aromatic heterocycles. The maximum absolute atomic E-state index is 11.5. The fraction of sp³-hybridized carbons (Fsp3) is 0.909. The molecule has 1 fully saturated rings. The third-order valence-electron chi connectivity index (χ3n) is 2.81. The summed E-state index contributed by atoms with van der Waals surface area (Å²) < 4.78 is 5.57. The molecule has 4 nitrogen and oxygen atoms in total. The Morgan fingerprint density at radius 1 is 1.47 bits per heavy atom. The third-order valence-corrected chi connectivity index (χ3v) is 2.81. The lowest BCUT2D eigenvalue weighted by molar-refractivity contribution is -0.127. The highest BCUT2D eigenvalue weighted by Crippen LogP contribution is 2.32. The van der Waals surface area contributed by atoms with Crippen molar-refractivity contribution in [2.45, 2.75) is 57.7 Å². The van der Waals surface area contributed by atoms with E-state index < -0.39 is 6.04 Å². The Balaban J connectivity index is 2.42. The van der Waals surface area contributed by atoms with E-state index in [1.54, 1.807) is 6.92 Å². The van der Waals surface area contributed by atoms with Gasteiger partial charge in [0.2, 0.25) is 5.91 Å². The lowest BCUT2D eigenvalue weighted by atomic mass is 9.77. The molecule has 0 bridgehead atoms. The van der Waals surface area contributed by atoms with Gasteiger partial charge in [-0.15, -0.1) is 0 Å². The number of nitrogens with two attached hydrogens (primary N) is 1. The van der Waals surface area contributed by atoms with E-state index in [1.807, 2.05) is 13.8 Å². The van der Waals surface area contributed by atoms with Gasteiger partial charge in [-0.2, -0.15) is 0 Å². The summed E-state index contributed by atoms with van der Waals surface area (Å²) in [6.07, 6.45) is 3.35. The lowest BCUT2D eigenvalue weighted by Crippen LogP contribution is -2.59. The Bertz CT molecular complexity index is 223. The van der Waals surface area contributed by atoms with E-state index in [4.69, 9.17) is 10.5 Å². The first-order chi connectivity index (χ1) is 6.95. The zero-order valence-electron chi connectivity index (χ0n) is 9.88. The summed E-state index contributed by atoms with van der Waals surface area (Å²) in [7, 11) is 0. The maximum atomic E-state index is 11.5. The van der Waals surface area contributed by atoms with Crippen molar-refractivity contribution in [3.05, 3.63) is 0 Å². The topological polar surface area (TPSA) is 64.3 Å². The normalized spacial score (nSPS) is 20.9. The van der Waals surface area contributed by atoms with Crippen LogP contribution in [0.15, 0.2) is 0 Å². The van der Waals surface area contributed by atoms with E-state index in [0.717, 1.165) is 19.3 Å².